The van der Waals surface area contributed by atoms with Crippen LogP contribution in [0, 0.1) is 5.82 Å². The molecule has 4 nitrogen and oxygen atoms in total. The third-order valence-electron chi connectivity index (χ3n) is 1.77. The molecule has 0 saturated heterocycles. The van der Waals surface area contributed by atoms with Crippen molar-refractivity contribution in [1.29, 1.82) is 0 Å². The molecule has 74 valence electrons. The van der Waals surface area contributed by atoms with E-state index >= 15 is 0 Å². The smallest absolute Gasteiger partial charge is 0.234 e. The van der Waals surface area contributed by atoms with Gasteiger partial charge in [0, 0.05) is 18.6 Å². The Morgan fingerprint density at radius 1 is 1.20 bits per heavy atom. The van der Waals surface area contributed by atoms with Crippen LogP contribution < -0.4 is 0 Å². The Balaban J connectivity index is 2.42. The average molecular weight is 203 g/mol. The zero-order valence-electron chi connectivity index (χ0n) is 7.59. The van der Waals surface area contributed by atoms with E-state index in [1.807, 2.05) is 0 Å². The third-order valence-corrected chi connectivity index (χ3v) is 1.77. The standard InChI is InChI=1S/C10H6FN3O/c11-7-2-1-3-14-9(7)10(15)8-6-12-4-5-13-8/h1-6H. The van der Waals surface area contributed by atoms with E-state index in [4.69, 9.17) is 0 Å². The average Bonchev–Trinajstić information content (AvgIpc) is 2.30. The van der Waals surface area contributed by atoms with Gasteiger partial charge >= 0.3 is 0 Å². The minimum Gasteiger partial charge on any atom is -0.285 e. The van der Waals surface area contributed by atoms with Crippen molar-refractivity contribution >= 4 is 5.78 Å². The van der Waals surface area contributed by atoms with Crippen LogP contribution in [-0.2, 0) is 0 Å². The van der Waals surface area contributed by atoms with Crippen molar-refractivity contribution in [3.05, 3.63) is 54.1 Å². The molecule has 0 saturated carbocycles. The van der Waals surface area contributed by atoms with Gasteiger partial charge in [0.15, 0.2) is 5.82 Å². The molecule has 0 spiro atoms. The Bertz CT molecular complexity index is 487. The molecule has 0 aliphatic rings. The van der Waals surface area contributed by atoms with E-state index in [0.29, 0.717) is 0 Å². The van der Waals surface area contributed by atoms with Crippen LogP contribution in [0.25, 0.3) is 0 Å². The fraction of sp³-hybridized carbons (Fsp3) is 0. The van der Waals surface area contributed by atoms with E-state index in [0.717, 1.165) is 0 Å². The van der Waals surface area contributed by atoms with E-state index in [1.54, 1.807) is 0 Å². The number of hydrogen-bond acceptors (Lipinski definition) is 4. The topological polar surface area (TPSA) is 55.7 Å². The van der Waals surface area contributed by atoms with Gasteiger partial charge in [-0.15, -0.1) is 0 Å². The van der Waals surface area contributed by atoms with Gasteiger partial charge in [-0.05, 0) is 12.1 Å². The molecule has 0 fully saturated rings. The molecule has 0 N–H and O–H groups in total. The summed E-state index contributed by atoms with van der Waals surface area (Å²) >= 11 is 0. The van der Waals surface area contributed by atoms with Gasteiger partial charge in [0.05, 0.1) is 6.20 Å². The van der Waals surface area contributed by atoms with Gasteiger partial charge in [0.25, 0.3) is 0 Å². The lowest BCUT2D eigenvalue weighted by molar-refractivity contribution is 0.102. The maximum atomic E-state index is 13.2. The lowest BCUT2D eigenvalue weighted by Gasteiger charge is -1.99. The first kappa shape index (κ1) is 9.39. The second-order valence-corrected chi connectivity index (χ2v) is 2.75. The number of halogens is 1. The van der Waals surface area contributed by atoms with Crippen molar-refractivity contribution in [3.63, 3.8) is 0 Å². The summed E-state index contributed by atoms with van der Waals surface area (Å²) in [5.74, 6) is -1.23. The van der Waals surface area contributed by atoms with Gasteiger partial charge in [0.2, 0.25) is 5.78 Å². The van der Waals surface area contributed by atoms with Crippen molar-refractivity contribution in [2.24, 2.45) is 0 Å². The summed E-state index contributed by atoms with van der Waals surface area (Å²) < 4.78 is 13.2. The number of carbonyl (C=O) groups is 1. The molecule has 5 heteroatoms. The Kier molecular flexibility index (Phi) is 2.45. The van der Waals surface area contributed by atoms with Gasteiger partial charge in [-0.1, -0.05) is 0 Å². The summed E-state index contributed by atoms with van der Waals surface area (Å²) in [4.78, 5) is 22.8. The number of nitrogens with zero attached hydrogens (tertiary/aromatic N) is 3. The van der Waals surface area contributed by atoms with Crippen LogP contribution in [0.1, 0.15) is 16.2 Å². The first-order valence-electron chi connectivity index (χ1n) is 4.20. The van der Waals surface area contributed by atoms with Gasteiger partial charge in [-0.3, -0.25) is 9.78 Å². The lowest BCUT2D eigenvalue weighted by Crippen LogP contribution is -2.08. The minimum atomic E-state index is -0.659. The molecule has 2 aromatic rings. The van der Waals surface area contributed by atoms with Crippen molar-refractivity contribution in [2.75, 3.05) is 0 Å². The molecular weight excluding hydrogens is 197 g/mol. The van der Waals surface area contributed by atoms with Gasteiger partial charge in [-0.25, -0.2) is 14.4 Å². The highest BCUT2D eigenvalue weighted by molar-refractivity contribution is 6.06. The Hall–Kier alpha value is -2.17. The summed E-state index contributed by atoms with van der Waals surface area (Å²) in [7, 11) is 0. The molecular formula is C10H6FN3O. The van der Waals surface area contributed by atoms with Crippen LogP contribution >= 0.6 is 0 Å². The largest absolute Gasteiger partial charge is 0.285 e. The van der Waals surface area contributed by atoms with Crippen molar-refractivity contribution in [2.45, 2.75) is 0 Å². The molecule has 0 aromatic carbocycles. The van der Waals surface area contributed by atoms with E-state index in [2.05, 4.69) is 15.0 Å². The van der Waals surface area contributed by atoms with E-state index in [-0.39, 0.29) is 11.4 Å². The molecule has 2 heterocycles. The summed E-state index contributed by atoms with van der Waals surface area (Å²) in [6.07, 6.45) is 5.43. The second-order valence-electron chi connectivity index (χ2n) is 2.75. The van der Waals surface area contributed by atoms with E-state index in [1.165, 1.54) is 36.9 Å². The first-order valence-corrected chi connectivity index (χ1v) is 4.20. The second kappa shape index (κ2) is 3.91. The van der Waals surface area contributed by atoms with Crippen LogP contribution in [0.3, 0.4) is 0 Å². The fourth-order valence-electron chi connectivity index (χ4n) is 1.09. The Morgan fingerprint density at radius 3 is 2.73 bits per heavy atom. The molecule has 15 heavy (non-hydrogen) atoms. The number of aromatic nitrogens is 3. The summed E-state index contributed by atoms with van der Waals surface area (Å²) in [6, 6.07) is 2.60. The quantitative estimate of drug-likeness (QED) is 0.689. The lowest BCUT2D eigenvalue weighted by atomic mass is 10.2. The molecule has 2 rings (SSSR count). The zero-order chi connectivity index (χ0) is 10.7. The molecule has 0 bridgehead atoms. The highest BCUT2D eigenvalue weighted by Crippen LogP contribution is 2.07. The normalized spacial score (nSPS) is 9.93. The summed E-state index contributed by atoms with van der Waals surface area (Å²) in [5.41, 5.74) is -0.159. The highest BCUT2D eigenvalue weighted by atomic mass is 19.1. The number of ketones is 1. The molecule has 0 atom stereocenters. The maximum absolute atomic E-state index is 13.2. The van der Waals surface area contributed by atoms with Crippen LogP contribution in [0.4, 0.5) is 4.39 Å². The molecule has 0 aliphatic heterocycles. The molecule has 0 aliphatic carbocycles. The van der Waals surface area contributed by atoms with Gasteiger partial charge < -0.3 is 0 Å². The van der Waals surface area contributed by atoms with Gasteiger partial charge in [0.1, 0.15) is 11.4 Å². The van der Waals surface area contributed by atoms with Crippen LogP contribution in [0.15, 0.2) is 36.9 Å². The van der Waals surface area contributed by atoms with Crippen molar-refractivity contribution in [3.8, 4) is 0 Å². The minimum absolute atomic E-state index is 0.0788. The summed E-state index contributed by atoms with van der Waals surface area (Å²) in [5, 5.41) is 0. The number of hydrogen-bond donors (Lipinski definition) is 0. The van der Waals surface area contributed by atoms with E-state index < -0.39 is 11.6 Å². The SMILES string of the molecule is O=C(c1cnccn1)c1ncccc1F. The monoisotopic (exact) mass is 203 g/mol. The molecule has 2 aromatic heterocycles. The van der Waals surface area contributed by atoms with E-state index in [9.17, 15) is 9.18 Å². The van der Waals surface area contributed by atoms with Crippen LogP contribution in [0.2, 0.25) is 0 Å². The predicted molar refractivity (Wildman–Crippen MR) is 49.7 cm³/mol. The van der Waals surface area contributed by atoms with Crippen LogP contribution in [0.5, 0.6) is 0 Å². The summed E-state index contributed by atoms with van der Waals surface area (Å²) in [6.45, 7) is 0. The van der Waals surface area contributed by atoms with Crippen molar-refractivity contribution in [1.82, 2.24) is 15.0 Å². The first-order chi connectivity index (χ1) is 7.29. The molecule has 0 radical (unpaired) electrons. The number of pyridine rings is 1. The third kappa shape index (κ3) is 1.85. The maximum Gasteiger partial charge on any atom is 0.234 e. The molecule has 0 unspecified atom stereocenters. The highest BCUT2D eigenvalue weighted by Gasteiger charge is 2.15. The Labute approximate surface area is 84.8 Å². The number of rotatable bonds is 2. The van der Waals surface area contributed by atoms with Gasteiger partial charge in [-0.2, -0.15) is 0 Å². The molecule has 0 amide bonds. The predicted octanol–water partition coefficient (Wildman–Crippen LogP) is 1.24. The van der Waals surface area contributed by atoms with Crippen LogP contribution in [-0.4, -0.2) is 20.7 Å². The number of carbonyl (C=O) groups excluding carboxylic acids is 1. The van der Waals surface area contributed by atoms with Crippen molar-refractivity contribution < 1.29 is 9.18 Å². The Morgan fingerprint density at radius 2 is 2.07 bits per heavy atom. The fourth-order valence-corrected chi connectivity index (χ4v) is 1.09. The zero-order valence-corrected chi connectivity index (χ0v) is 7.59.